The molecule has 4 unspecified atom stereocenters. The highest BCUT2D eigenvalue weighted by atomic mass is 16.3. The van der Waals surface area contributed by atoms with Crippen LogP contribution in [0.25, 0.3) is 0 Å². The van der Waals surface area contributed by atoms with Crippen LogP contribution in [-0.4, -0.2) is 35.2 Å². The molecule has 0 amide bonds. The van der Waals surface area contributed by atoms with Crippen LogP contribution in [0.4, 0.5) is 0 Å². The van der Waals surface area contributed by atoms with Gasteiger partial charge in [-0.25, -0.2) is 0 Å². The molecule has 16 heavy (non-hydrogen) atoms. The van der Waals surface area contributed by atoms with Crippen LogP contribution in [0.5, 0.6) is 0 Å². The molecule has 1 saturated carbocycles. The van der Waals surface area contributed by atoms with Gasteiger partial charge in [-0.15, -0.1) is 0 Å². The van der Waals surface area contributed by atoms with Gasteiger partial charge >= 0.3 is 0 Å². The molecule has 2 heteroatoms. The van der Waals surface area contributed by atoms with E-state index in [1.807, 2.05) is 0 Å². The number of aliphatic hydroxyl groups is 1. The lowest BCUT2D eigenvalue weighted by Gasteiger charge is -2.36. The first-order valence-electron chi connectivity index (χ1n) is 7.12. The Morgan fingerprint density at radius 2 is 2.06 bits per heavy atom. The fourth-order valence-electron chi connectivity index (χ4n) is 3.58. The quantitative estimate of drug-likeness (QED) is 0.798. The standard InChI is InChI=1S/C14H27NO/c1-3-13-5-4-8-15(13)10-12-9-11(2)6-7-14(12)16/h11-14,16H,3-10H2,1-2H3. The second-order valence-corrected chi connectivity index (χ2v) is 5.94. The smallest absolute Gasteiger partial charge is 0.0580 e. The van der Waals surface area contributed by atoms with Crippen LogP contribution in [0.15, 0.2) is 0 Å². The zero-order valence-corrected chi connectivity index (χ0v) is 10.9. The molecule has 2 rings (SSSR count). The fourth-order valence-corrected chi connectivity index (χ4v) is 3.58. The van der Waals surface area contributed by atoms with E-state index in [0.717, 1.165) is 24.9 Å². The minimum atomic E-state index is -0.0330. The third-order valence-corrected chi connectivity index (χ3v) is 4.64. The second kappa shape index (κ2) is 5.50. The summed E-state index contributed by atoms with van der Waals surface area (Å²) in [7, 11) is 0. The van der Waals surface area contributed by atoms with Crippen LogP contribution in [0.1, 0.15) is 52.4 Å². The number of rotatable bonds is 3. The lowest BCUT2D eigenvalue weighted by Crippen LogP contribution is -2.40. The molecule has 1 saturated heterocycles. The van der Waals surface area contributed by atoms with Gasteiger partial charge < -0.3 is 10.0 Å². The lowest BCUT2D eigenvalue weighted by molar-refractivity contribution is 0.0279. The molecule has 4 atom stereocenters. The van der Waals surface area contributed by atoms with E-state index in [4.69, 9.17) is 0 Å². The molecule has 0 aromatic heterocycles. The summed E-state index contributed by atoms with van der Waals surface area (Å²) in [5.74, 6) is 1.35. The van der Waals surface area contributed by atoms with Crippen molar-refractivity contribution in [3.63, 3.8) is 0 Å². The first kappa shape index (κ1) is 12.4. The van der Waals surface area contributed by atoms with Crippen LogP contribution in [0.2, 0.25) is 0 Å². The topological polar surface area (TPSA) is 23.5 Å². The minimum absolute atomic E-state index is 0.0330. The van der Waals surface area contributed by atoms with Gasteiger partial charge in [0, 0.05) is 12.6 Å². The molecule has 2 nitrogen and oxygen atoms in total. The molecule has 1 aliphatic heterocycles. The van der Waals surface area contributed by atoms with Gasteiger partial charge in [-0.3, -0.25) is 0 Å². The van der Waals surface area contributed by atoms with E-state index in [9.17, 15) is 5.11 Å². The summed E-state index contributed by atoms with van der Waals surface area (Å²) >= 11 is 0. The maximum Gasteiger partial charge on any atom is 0.0580 e. The van der Waals surface area contributed by atoms with Gasteiger partial charge in [0.1, 0.15) is 0 Å². The average molecular weight is 225 g/mol. The number of nitrogens with zero attached hydrogens (tertiary/aromatic N) is 1. The maximum atomic E-state index is 10.1. The van der Waals surface area contributed by atoms with Crippen LogP contribution in [0.3, 0.4) is 0 Å². The SMILES string of the molecule is CCC1CCCN1CC1CC(C)CCC1O. The lowest BCUT2D eigenvalue weighted by atomic mass is 9.80. The van der Waals surface area contributed by atoms with Crippen molar-refractivity contribution in [2.75, 3.05) is 13.1 Å². The average Bonchev–Trinajstić information content (AvgIpc) is 2.71. The number of aliphatic hydroxyl groups excluding tert-OH is 1. The molecule has 0 spiro atoms. The van der Waals surface area contributed by atoms with E-state index in [-0.39, 0.29) is 6.10 Å². The van der Waals surface area contributed by atoms with Gasteiger partial charge in [0.2, 0.25) is 0 Å². The van der Waals surface area contributed by atoms with Crippen molar-refractivity contribution in [2.45, 2.75) is 64.5 Å². The molecule has 0 radical (unpaired) electrons. The predicted molar refractivity (Wildman–Crippen MR) is 67.4 cm³/mol. The van der Waals surface area contributed by atoms with Crippen LogP contribution in [-0.2, 0) is 0 Å². The fraction of sp³-hybridized carbons (Fsp3) is 1.00. The van der Waals surface area contributed by atoms with E-state index in [1.165, 1.54) is 38.6 Å². The molecule has 1 heterocycles. The Kier molecular flexibility index (Phi) is 4.26. The van der Waals surface area contributed by atoms with Gasteiger partial charge in [-0.2, -0.15) is 0 Å². The Balaban J connectivity index is 1.87. The van der Waals surface area contributed by atoms with Crippen molar-refractivity contribution in [1.82, 2.24) is 4.90 Å². The van der Waals surface area contributed by atoms with Gasteiger partial charge in [0.25, 0.3) is 0 Å². The van der Waals surface area contributed by atoms with Crippen molar-refractivity contribution in [2.24, 2.45) is 11.8 Å². The summed E-state index contributed by atoms with van der Waals surface area (Å²) in [5.41, 5.74) is 0. The summed E-state index contributed by atoms with van der Waals surface area (Å²) < 4.78 is 0. The van der Waals surface area contributed by atoms with E-state index >= 15 is 0 Å². The first-order valence-corrected chi connectivity index (χ1v) is 7.12. The summed E-state index contributed by atoms with van der Waals surface area (Å²) in [6, 6.07) is 0.796. The summed E-state index contributed by atoms with van der Waals surface area (Å²) in [4.78, 5) is 2.63. The third-order valence-electron chi connectivity index (χ3n) is 4.64. The predicted octanol–water partition coefficient (Wildman–Crippen LogP) is 2.66. The van der Waals surface area contributed by atoms with Crippen molar-refractivity contribution >= 4 is 0 Å². The molecular weight excluding hydrogens is 198 g/mol. The van der Waals surface area contributed by atoms with Crippen LogP contribution < -0.4 is 0 Å². The highest BCUT2D eigenvalue weighted by molar-refractivity contribution is 4.85. The molecule has 94 valence electrons. The van der Waals surface area contributed by atoms with E-state index in [0.29, 0.717) is 5.92 Å². The summed E-state index contributed by atoms with van der Waals surface area (Å²) in [5, 5.41) is 10.1. The Morgan fingerprint density at radius 1 is 1.25 bits per heavy atom. The van der Waals surface area contributed by atoms with Crippen molar-refractivity contribution in [3.8, 4) is 0 Å². The summed E-state index contributed by atoms with van der Waals surface area (Å²) in [6.07, 6.45) is 7.44. The number of likely N-dealkylation sites (tertiary alicyclic amines) is 1. The number of hydrogen-bond acceptors (Lipinski definition) is 2. The Hall–Kier alpha value is -0.0800. The monoisotopic (exact) mass is 225 g/mol. The van der Waals surface area contributed by atoms with Gasteiger partial charge in [0.15, 0.2) is 0 Å². The molecular formula is C14H27NO. The zero-order valence-electron chi connectivity index (χ0n) is 10.9. The van der Waals surface area contributed by atoms with E-state index in [1.54, 1.807) is 0 Å². The molecule has 2 aliphatic rings. The van der Waals surface area contributed by atoms with Gasteiger partial charge in [0.05, 0.1) is 6.10 Å². The van der Waals surface area contributed by atoms with E-state index in [2.05, 4.69) is 18.7 Å². The largest absolute Gasteiger partial charge is 0.393 e. The molecule has 1 N–H and O–H groups in total. The Bertz CT molecular complexity index is 219. The molecule has 2 fully saturated rings. The van der Waals surface area contributed by atoms with Crippen LogP contribution in [0, 0.1) is 11.8 Å². The van der Waals surface area contributed by atoms with Crippen LogP contribution >= 0.6 is 0 Å². The van der Waals surface area contributed by atoms with Gasteiger partial charge in [-0.1, -0.05) is 13.8 Å². The second-order valence-electron chi connectivity index (χ2n) is 5.94. The number of hydrogen-bond donors (Lipinski definition) is 1. The normalized spacial score (nSPS) is 41.4. The highest BCUT2D eigenvalue weighted by Gasteiger charge is 2.31. The molecule has 0 aromatic carbocycles. The van der Waals surface area contributed by atoms with Gasteiger partial charge in [-0.05, 0) is 56.9 Å². The Labute approximate surface area is 100 Å². The van der Waals surface area contributed by atoms with Crippen molar-refractivity contribution in [3.05, 3.63) is 0 Å². The van der Waals surface area contributed by atoms with Crippen molar-refractivity contribution < 1.29 is 5.11 Å². The zero-order chi connectivity index (χ0) is 11.5. The molecule has 0 bridgehead atoms. The molecule has 0 aromatic rings. The van der Waals surface area contributed by atoms with E-state index < -0.39 is 0 Å². The van der Waals surface area contributed by atoms with Crippen molar-refractivity contribution in [1.29, 1.82) is 0 Å². The molecule has 1 aliphatic carbocycles. The minimum Gasteiger partial charge on any atom is -0.393 e. The maximum absolute atomic E-state index is 10.1. The summed E-state index contributed by atoms with van der Waals surface area (Å²) in [6.45, 7) is 7.03. The Morgan fingerprint density at radius 3 is 2.81 bits per heavy atom. The highest BCUT2D eigenvalue weighted by Crippen LogP contribution is 2.31. The third kappa shape index (κ3) is 2.78. The first-order chi connectivity index (χ1) is 7.70.